The number of carbonyl (C=O) groups excluding carboxylic acids is 2. The number of rotatable bonds is 5. The molecule has 1 aromatic heterocycles. The van der Waals surface area contributed by atoms with Crippen molar-refractivity contribution in [3.05, 3.63) is 52.8 Å². The second-order valence-corrected chi connectivity index (χ2v) is 7.15. The molecule has 7 nitrogen and oxygen atoms in total. The van der Waals surface area contributed by atoms with E-state index in [4.69, 9.17) is 5.73 Å². The molecule has 0 bridgehead atoms. The molecule has 144 valence electrons. The van der Waals surface area contributed by atoms with Crippen molar-refractivity contribution in [1.29, 1.82) is 0 Å². The molecule has 7 heteroatoms. The van der Waals surface area contributed by atoms with Crippen molar-refractivity contribution >= 4 is 11.8 Å². The average Bonchev–Trinajstić information content (AvgIpc) is 3.17. The highest BCUT2D eigenvalue weighted by molar-refractivity contribution is 5.98. The molecule has 1 aliphatic rings. The molecule has 2 amide bonds. The van der Waals surface area contributed by atoms with Crippen LogP contribution in [0.5, 0.6) is 0 Å². The van der Waals surface area contributed by atoms with E-state index >= 15 is 0 Å². The fraction of sp³-hybridized carbons (Fsp3) is 0.450. The SMILES string of the molecule is CCNC(=O)[C@@H]1C[C@@H](N)CN1C(=O)c1ccc(Cn2nc(C)cc2C)cc1. The summed E-state index contributed by atoms with van der Waals surface area (Å²) in [7, 11) is 0. The summed E-state index contributed by atoms with van der Waals surface area (Å²) in [6.45, 7) is 7.44. The maximum absolute atomic E-state index is 12.9. The predicted molar refractivity (Wildman–Crippen MR) is 103 cm³/mol. The summed E-state index contributed by atoms with van der Waals surface area (Å²) < 4.78 is 1.94. The zero-order chi connectivity index (χ0) is 19.6. The predicted octanol–water partition coefficient (Wildman–Crippen LogP) is 1.23. The summed E-state index contributed by atoms with van der Waals surface area (Å²) in [5, 5.41) is 7.25. The van der Waals surface area contributed by atoms with Crippen molar-refractivity contribution in [3.8, 4) is 0 Å². The molecule has 2 atom stereocenters. The first kappa shape index (κ1) is 19.1. The van der Waals surface area contributed by atoms with Crippen molar-refractivity contribution in [3.63, 3.8) is 0 Å². The molecule has 2 heterocycles. The second-order valence-electron chi connectivity index (χ2n) is 7.15. The largest absolute Gasteiger partial charge is 0.355 e. The van der Waals surface area contributed by atoms with E-state index < -0.39 is 6.04 Å². The third-order valence-corrected chi connectivity index (χ3v) is 4.88. The Morgan fingerprint density at radius 3 is 2.56 bits per heavy atom. The van der Waals surface area contributed by atoms with Crippen LogP contribution >= 0.6 is 0 Å². The van der Waals surface area contributed by atoms with Crippen LogP contribution in [0, 0.1) is 13.8 Å². The first-order valence-corrected chi connectivity index (χ1v) is 9.33. The average molecular weight is 369 g/mol. The number of nitrogens with zero attached hydrogens (tertiary/aromatic N) is 3. The third-order valence-electron chi connectivity index (χ3n) is 4.88. The van der Waals surface area contributed by atoms with Gasteiger partial charge in [0.25, 0.3) is 5.91 Å². The van der Waals surface area contributed by atoms with E-state index in [0.717, 1.165) is 17.0 Å². The Labute approximate surface area is 159 Å². The van der Waals surface area contributed by atoms with Crippen LogP contribution in [-0.2, 0) is 11.3 Å². The van der Waals surface area contributed by atoms with Crippen LogP contribution in [0.3, 0.4) is 0 Å². The normalized spacial score (nSPS) is 19.3. The number of likely N-dealkylation sites (N-methyl/N-ethyl adjacent to an activating group) is 1. The maximum Gasteiger partial charge on any atom is 0.254 e. The van der Waals surface area contributed by atoms with Crippen molar-refractivity contribution < 1.29 is 9.59 Å². The van der Waals surface area contributed by atoms with Crippen LogP contribution < -0.4 is 11.1 Å². The first-order valence-electron chi connectivity index (χ1n) is 9.33. The Bertz CT molecular complexity index is 827. The topological polar surface area (TPSA) is 93.3 Å². The van der Waals surface area contributed by atoms with Gasteiger partial charge in [0.1, 0.15) is 6.04 Å². The molecule has 1 aromatic carbocycles. The fourth-order valence-corrected chi connectivity index (χ4v) is 3.56. The van der Waals surface area contributed by atoms with E-state index in [0.29, 0.717) is 31.6 Å². The van der Waals surface area contributed by atoms with Gasteiger partial charge in [0.2, 0.25) is 5.91 Å². The highest BCUT2D eigenvalue weighted by Gasteiger charge is 2.38. The summed E-state index contributed by atoms with van der Waals surface area (Å²) in [6, 6.07) is 8.84. The van der Waals surface area contributed by atoms with E-state index in [9.17, 15) is 9.59 Å². The number of nitrogens with two attached hydrogens (primary N) is 1. The van der Waals surface area contributed by atoms with Crippen molar-refractivity contribution in [2.75, 3.05) is 13.1 Å². The van der Waals surface area contributed by atoms with Gasteiger partial charge in [-0.05, 0) is 51.0 Å². The Kier molecular flexibility index (Phi) is 5.60. The number of aryl methyl sites for hydroxylation is 2. The van der Waals surface area contributed by atoms with Gasteiger partial charge in [-0.3, -0.25) is 14.3 Å². The van der Waals surface area contributed by atoms with Gasteiger partial charge in [-0.2, -0.15) is 5.10 Å². The molecule has 0 radical (unpaired) electrons. The number of aromatic nitrogens is 2. The molecule has 0 spiro atoms. The Balaban J connectivity index is 1.73. The molecular formula is C20H27N5O2. The van der Waals surface area contributed by atoms with E-state index in [-0.39, 0.29) is 17.9 Å². The van der Waals surface area contributed by atoms with Crippen molar-refractivity contribution in [1.82, 2.24) is 20.0 Å². The third kappa shape index (κ3) is 4.19. The standard InChI is InChI=1S/C20H27N5O2/c1-4-22-19(26)18-10-17(21)12-24(18)20(27)16-7-5-15(6-8-16)11-25-14(3)9-13(2)23-25/h5-9,17-18H,4,10-12,21H2,1-3H3,(H,22,26)/t17-,18+/m1/s1. The summed E-state index contributed by atoms with van der Waals surface area (Å²) in [5.41, 5.74) is 9.73. The quantitative estimate of drug-likeness (QED) is 0.829. The number of hydrogen-bond acceptors (Lipinski definition) is 4. The molecule has 27 heavy (non-hydrogen) atoms. The minimum Gasteiger partial charge on any atom is -0.355 e. The van der Waals surface area contributed by atoms with Gasteiger partial charge in [-0.25, -0.2) is 0 Å². The van der Waals surface area contributed by atoms with Gasteiger partial charge in [0.05, 0.1) is 12.2 Å². The lowest BCUT2D eigenvalue weighted by Crippen LogP contribution is -2.45. The Hall–Kier alpha value is -2.67. The Morgan fingerprint density at radius 2 is 1.96 bits per heavy atom. The summed E-state index contributed by atoms with van der Waals surface area (Å²) in [4.78, 5) is 26.8. The van der Waals surface area contributed by atoms with E-state index in [1.807, 2.05) is 55.8 Å². The number of benzene rings is 1. The fourth-order valence-electron chi connectivity index (χ4n) is 3.56. The zero-order valence-electron chi connectivity index (χ0n) is 16.1. The highest BCUT2D eigenvalue weighted by Crippen LogP contribution is 2.20. The maximum atomic E-state index is 12.9. The molecule has 0 saturated carbocycles. The minimum atomic E-state index is -0.498. The van der Waals surface area contributed by atoms with Crippen LogP contribution in [0.1, 0.15) is 40.7 Å². The molecule has 1 saturated heterocycles. The smallest absolute Gasteiger partial charge is 0.254 e. The number of amides is 2. The highest BCUT2D eigenvalue weighted by atomic mass is 16.2. The molecule has 2 aromatic rings. The van der Waals surface area contributed by atoms with Gasteiger partial charge >= 0.3 is 0 Å². The van der Waals surface area contributed by atoms with Gasteiger partial charge in [0, 0.05) is 30.4 Å². The molecule has 3 rings (SSSR count). The Morgan fingerprint density at radius 1 is 1.26 bits per heavy atom. The number of nitrogens with one attached hydrogen (secondary N) is 1. The molecule has 0 unspecified atom stereocenters. The van der Waals surface area contributed by atoms with Gasteiger partial charge < -0.3 is 16.0 Å². The lowest BCUT2D eigenvalue weighted by Gasteiger charge is -2.23. The molecule has 1 aliphatic heterocycles. The van der Waals surface area contributed by atoms with Crippen LogP contribution in [-0.4, -0.2) is 51.7 Å². The zero-order valence-corrected chi connectivity index (χ0v) is 16.1. The molecular weight excluding hydrogens is 342 g/mol. The van der Waals surface area contributed by atoms with Gasteiger partial charge in [-0.1, -0.05) is 12.1 Å². The van der Waals surface area contributed by atoms with Crippen LogP contribution in [0.2, 0.25) is 0 Å². The summed E-state index contributed by atoms with van der Waals surface area (Å²) >= 11 is 0. The van der Waals surface area contributed by atoms with E-state index in [2.05, 4.69) is 10.4 Å². The van der Waals surface area contributed by atoms with Gasteiger partial charge in [0.15, 0.2) is 0 Å². The number of hydrogen-bond donors (Lipinski definition) is 2. The second kappa shape index (κ2) is 7.92. The monoisotopic (exact) mass is 369 g/mol. The molecule has 1 fully saturated rings. The van der Waals surface area contributed by atoms with Crippen LogP contribution in [0.25, 0.3) is 0 Å². The molecule has 3 N–H and O–H groups in total. The number of likely N-dealkylation sites (tertiary alicyclic amines) is 1. The van der Waals surface area contributed by atoms with E-state index in [1.165, 1.54) is 0 Å². The summed E-state index contributed by atoms with van der Waals surface area (Å²) in [6.07, 6.45) is 0.494. The van der Waals surface area contributed by atoms with Crippen LogP contribution in [0.15, 0.2) is 30.3 Å². The van der Waals surface area contributed by atoms with E-state index in [1.54, 1.807) is 4.90 Å². The van der Waals surface area contributed by atoms with Crippen molar-refractivity contribution in [2.24, 2.45) is 5.73 Å². The lowest BCUT2D eigenvalue weighted by atomic mass is 10.1. The lowest BCUT2D eigenvalue weighted by molar-refractivity contribution is -0.124. The van der Waals surface area contributed by atoms with Crippen molar-refractivity contribution in [2.45, 2.75) is 45.8 Å². The minimum absolute atomic E-state index is 0.139. The number of carbonyl (C=O) groups is 2. The first-order chi connectivity index (χ1) is 12.9. The summed E-state index contributed by atoms with van der Waals surface area (Å²) in [5.74, 6) is -0.295. The molecule has 0 aliphatic carbocycles. The van der Waals surface area contributed by atoms with Gasteiger partial charge in [-0.15, -0.1) is 0 Å². The van der Waals surface area contributed by atoms with Crippen LogP contribution in [0.4, 0.5) is 0 Å².